The van der Waals surface area contributed by atoms with Gasteiger partial charge < -0.3 is 19.6 Å². The SMILES string of the molecule is Cc1cc(C#N)c(N2CCC3(CCN(C[C@H](O)c4ccc5c(c4C)COC5=O)CC3)CC2)nn1. The number of hydrogen-bond acceptors (Lipinski definition) is 8. The van der Waals surface area contributed by atoms with E-state index >= 15 is 0 Å². The number of nitrogens with zero attached hydrogens (tertiary/aromatic N) is 5. The first-order valence-corrected chi connectivity index (χ1v) is 12.1. The number of benzene rings is 1. The Morgan fingerprint density at radius 2 is 1.85 bits per heavy atom. The standard InChI is InChI=1S/C26H31N5O3/c1-17-13-19(14-27)24(29-28-17)31-11-7-26(8-12-31)5-9-30(10-6-26)15-23(32)20-3-4-21-22(18(20)2)16-34-25(21)33/h3-4,13,23,32H,5-12,15-16H2,1-2H3/t23-/m0/s1. The Morgan fingerprint density at radius 1 is 1.15 bits per heavy atom. The Bertz CT molecular complexity index is 1140. The monoisotopic (exact) mass is 461 g/mol. The Balaban J connectivity index is 1.17. The lowest BCUT2D eigenvalue weighted by atomic mass is 9.71. The van der Waals surface area contributed by atoms with E-state index in [1.54, 1.807) is 6.07 Å². The Morgan fingerprint density at radius 3 is 2.56 bits per heavy atom. The molecule has 5 rings (SSSR count). The topological polar surface area (TPSA) is 103 Å². The zero-order chi connectivity index (χ0) is 23.9. The van der Waals surface area contributed by atoms with Gasteiger partial charge in [0.15, 0.2) is 5.82 Å². The molecule has 0 bridgehead atoms. The summed E-state index contributed by atoms with van der Waals surface area (Å²) in [6.07, 6.45) is 3.82. The van der Waals surface area contributed by atoms with Gasteiger partial charge in [-0.2, -0.15) is 10.4 Å². The van der Waals surface area contributed by atoms with Crippen molar-refractivity contribution in [2.75, 3.05) is 37.6 Å². The summed E-state index contributed by atoms with van der Waals surface area (Å²) >= 11 is 0. The molecule has 1 aromatic heterocycles. The predicted octanol–water partition coefficient (Wildman–Crippen LogP) is 3.05. The zero-order valence-electron chi connectivity index (χ0n) is 19.9. The van der Waals surface area contributed by atoms with Crippen LogP contribution in [-0.4, -0.2) is 58.9 Å². The van der Waals surface area contributed by atoms with Crippen molar-refractivity contribution < 1.29 is 14.6 Å². The first-order chi connectivity index (χ1) is 16.4. The summed E-state index contributed by atoms with van der Waals surface area (Å²) in [5.74, 6) is 0.435. The minimum Gasteiger partial charge on any atom is -0.457 e. The number of carbonyl (C=O) groups excluding carboxylic acids is 1. The van der Waals surface area contributed by atoms with Gasteiger partial charge in [-0.05, 0) is 81.3 Å². The number of aromatic nitrogens is 2. The third kappa shape index (κ3) is 4.15. The smallest absolute Gasteiger partial charge is 0.338 e. The summed E-state index contributed by atoms with van der Waals surface area (Å²) in [6.45, 7) is 8.44. The molecule has 3 aliphatic heterocycles. The third-order valence-corrected chi connectivity index (χ3v) is 8.06. The van der Waals surface area contributed by atoms with Gasteiger partial charge >= 0.3 is 5.97 Å². The number of aliphatic hydroxyl groups is 1. The molecule has 1 N–H and O–H groups in total. The molecule has 0 unspecified atom stereocenters. The number of β-amino-alcohol motifs (C(OH)–C–C–N with tert-alkyl or cyclic N) is 1. The second-order valence-electron chi connectivity index (χ2n) is 10.0. The van der Waals surface area contributed by atoms with Crippen molar-refractivity contribution in [2.24, 2.45) is 5.41 Å². The van der Waals surface area contributed by atoms with Crippen LogP contribution >= 0.6 is 0 Å². The van der Waals surface area contributed by atoms with Crippen LogP contribution in [0.2, 0.25) is 0 Å². The van der Waals surface area contributed by atoms with Crippen LogP contribution in [0.1, 0.15) is 70.1 Å². The second kappa shape index (κ2) is 8.97. The van der Waals surface area contributed by atoms with Gasteiger partial charge in [-0.15, -0.1) is 5.10 Å². The quantitative estimate of drug-likeness (QED) is 0.693. The molecule has 1 spiro atoms. The van der Waals surface area contributed by atoms with Gasteiger partial charge in [0, 0.05) is 25.2 Å². The summed E-state index contributed by atoms with van der Waals surface area (Å²) in [5.41, 5.74) is 5.07. The van der Waals surface area contributed by atoms with Crippen molar-refractivity contribution in [3.05, 3.63) is 51.7 Å². The zero-order valence-corrected chi connectivity index (χ0v) is 19.9. The summed E-state index contributed by atoms with van der Waals surface area (Å²) in [7, 11) is 0. The van der Waals surface area contributed by atoms with Gasteiger partial charge in [-0.25, -0.2) is 4.79 Å². The molecule has 0 amide bonds. The van der Waals surface area contributed by atoms with E-state index in [4.69, 9.17) is 4.74 Å². The number of ether oxygens (including phenoxy) is 1. The highest BCUT2D eigenvalue weighted by Crippen LogP contribution is 2.42. The minimum absolute atomic E-state index is 0.273. The number of carbonyl (C=O) groups is 1. The maximum atomic E-state index is 11.8. The number of piperidine rings is 2. The van der Waals surface area contributed by atoms with Gasteiger partial charge in [-0.1, -0.05) is 6.07 Å². The number of esters is 1. The largest absolute Gasteiger partial charge is 0.457 e. The number of aliphatic hydroxyl groups excluding tert-OH is 1. The van der Waals surface area contributed by atoms with E-state index in [2.05, 4.69) is 26.1 Å². The first kappa shape index (κ1) is 22.8. The number of fused-ring (bicyclic) bond motifs is 1. The van der Waals surface area contributed by atoms with Gasteiger partial charge in [-0.3, -0.25) is 0 Å². The van der Waals surface area contributed by atoms with Crippen LogP contribution < -0.4 is 4.90 Å². The molecule has 8 heteroatoms. The van der Waals surface area contributed by atoms with Crippen molar-refractivity contribution >= 4 is 11.8 Å². The highest BCUT2D eigenvalue weighted by molar-refractivity contribution is 5.93. The van der Waals surface area contributed by atoms with E-state index in [9.17, 15) is 15.2 Å². The van der Waals surface area contributed by atoms with E-state index in [-0.39, 0.29) is 5.97 Å². The molecule has 3 aliphatic rings. The van der Waals surface area contributed by atoms with Crippen LogP contribution in [0.5, 0.6) is 0 Å². The molecule has 0 radical (unpaired) electrons. The van der Waals surface area contributed by atoms with Crippen LogP contribution in [-0.2, 0) is 11.3 Å². The minimum atomic E-state index is -0.582. The van der Waals surface area contributed by atoms with Crippen molar-refractivity contribution in [3.8, 4) is 6.07 Å². The highest BCUT2D eigenvalue weighted by atomic mass is 16.5. The van der Waals surface area contributed by atoms with E-state index < -0.39 is 6.10 Å². The fourth-order valence-corrected chi connectivity index (χ4v) is 5.77. The number of likely N-dealkylation sites (tertiary alicyclic amines) is 1. The number of cyclic esters (lactones) is 1. The van der Waals surface area contributed by atoms with Crippen molar-refractivity contribution in [3.63, 3.8) is 0 Å². The Kier molecular flexibility index (Phi) is 6.00. The molecule has 34 heavy (non-hydrogen) atoms. The molecule has 1 aromatic carbocycles. The molecular formula is C26H31N5O3. The van der Waals surface area contributed by atoms with E-state index in [0.717, 1.165) is 74.2 Å². The van der Waals surface area contributed by atoms with Gasteiger partial charge in [0.25, 0.3) is 0 Å². The van der Waals surface area contributed by atoms with Gasteiger partial charge in [0.1, 0.15) is 12.7 Å². The molecular weight excluding hydrogens is 430 g/mol. The normalized spacial score (nSPS) is 20.6. The van der Waals surface area contributed by atoms with E-state index in [0.29, 0.717) is 35.5 Å². The lowest BCUT2D eigenvalue weighted by Crippen LogP contribution is -2.48. The maximum Gasteiger partial charge on any atom is 0.338 e. The summed E-state index contributed by atoms with van der Waals surface area (Å²) in [5, 5.41) is 28.9. The number of anilines is 1. The number of nitriles is 1. The fourth-order valence-electron chi connectivity index (χ4n) is 5.77. The van der Waals surface area contributed by atoms with Crippen molar-refractivity contribution in [1.29, 1.82) is 5.26 Å². The number of rotatable bonds is 4. The molecule has 178 valence electrons. The van der Waals surface area contributed by atoms with Gasteiger partial charge in [0.05, 0.1) is 22.9 Å². The average Bonchev–Trinajstić information content (AvgIpc) is 3.23. The lowest BCUT2D eigenvalue weighted by molar-refractivity contribution is 0.0447. The third-order valence-electron chi connectivity index (χ3n) is 8.06. The Labute approximate surface area is 200 Å². The fraction of sp³-hybridized carbons (Fsp3) is 0.538. The lowest BCUT2D eigenvalue weighted by Gasteiger charge is -2.47. The average molecular weight is 462 g/mol. The predicted molar refractivity (Wildman–Crippen MR) is 126 cm³/mol. The van der Waals surface area contributed by atoms with Crippen LogP contribution in [0.4, 0.5) is 5.82 Å². The molecule has 0 saturated carbocycles. The van der Waals surface area contributed by atoms with Gasteiger partial charge in [0.2, 0.25) is 0 Å². The van der Waals surface area contributed by atoms with Crippen LogP contribution in [0.15, 0.2) is 18.2 Å². The Hall–Kier alpha value is -3.02. The number of aryl methyl sites for hydroxylation is 1. The van der Waals surface area contributed by atoms with Crippen LogP contribution in [0, 0.1) is 30.6 Å². The van der Waals surface area contributed by atoms with Crippen LogP contribution in [0.25, 0.3) is 0 Å². The van der Waals surface area contributed by atoms with Crippen molar-refractivity contribution in [2.45, 2.75) is 52.2 Å². The molecule has 2 saturated heterocycles. The maximum absolute atomic E-state index is 11.8. The van der Waals surface area contributed by atoms with E-state index in [1.165, 1.54) is 0 Å². The molecule has 4 heterocycles. The summed E-state index contributed by atoms with van der Waals surface area (Å²) in [4.78, 5) is 16.4. The molecule has 8 nitrogen and oxygen atoms in total. The molecule has 2 aromatic rings. The van der Waals surface area contributed by atoms with E-state index in [1.807, 2.05) is 26.0 Å². The van der Waals surface area contributed by atoms with Crippen LogP contribution in [0.3, 0.4) is 0 Å². The first-order valence-electron chi connectivity index (χ1n) is 12.1. The number of hydrogen-bond donors (Lipinski definition) is 1. The highest BCUT2D eigenvalue weighted by Gasteiger charge is 2.38. The second-order valence-corrected chi connectivity index (χ2v) is 10.0. The molecule has 2 fully saturated rings. The molecule has 0 aliphatic carbocycles. The van der Waals surface area contributed by atoms with Crippen molar-refractivity contribution in [1.82, 2.24) is 15.1 Å². The summed E-state index contributed by atoms with van der Waals surface area (Å²) in [6, 6.07) is 7.73. The summed E-state index contributed by atoms with van der Waals surface area (Å²) < 4.78 is 5.15. The molecule has 1 atom stereocenters.